The van der Waals surface area contributed by atoms with Crippen LogP contribution in [0.25, 0.3) is 33.1 Å². The first-order valence-corrected chi connectivity index (χ1v) is 12.2. The third kappa shape index (κ3) is 5.69. The number of aliphatic carboxylic acids is 1. The normalized spacial score (nSPS) is 11.9. The Labute approximate surface area is 217 Å². The van der Waals surface area contributed by atoms with E-state index in [1.165, 1.54) is 0 Å². The zero-order valence-corrected chi connectivity index (χ0v) is 21.1. The van der Waals surface area contributed by atoms with Gasteiger partial charge in [0.25, 0.3) is 0 Å². The van der Waals surface area contributed by atoms with Gasteiger partial charge < -0.3 is 35.1 Å². The Hall–Kier alpha value is -4.60. The Morgan fingerprint density at radius 1 is 1.03 bits per heavy atom. The number of carboxylic acids is 1. The lowest BCUT2D eigenvalue weighted by molar-refractivity contribution is -0.308. The molecule has 2 heterocycles. The van der Waals surface area contributed by atoms with E-state index in [1.807, 2.05) is 43.3 Å². The van der Waals surface area contributed by atoms with Crippen LogP contribution in [0, 0.1) is 13.8 Å². The molecular formula is C28H28N3O7-. The minimum Gasteiger partial charge on any atom is -0.548 e. The molecule has 38 heavy (non-hydrogen) atoms. The van der Waals surface area contributed by atoms with Crippen molar-refractivity contribution in [2.45, 2.75) is 45.6 Å². The molecule has 0 unspecified atom stereocenters. The summed E-state index contributed by atoms with van der Waals surface area (Å²) in [6.45, 7) is 3.85. The fourth-order valence-corrected chi connectivity index (χ4v) is 4.63. The van der Waals surface area contributed by atoms with Crippen molar-refractivity contribution in [3.63, 3.8) is 0 Å². The Morgan fingerprint density at radius 3 is 2.42 bits per heavy atom. The zero-order chi connectivity index (χ0) is 27.4. The quantitative estimate of drug-likeness (QED) is 0.214. The number of amides is 3. The molecule has 0 radical (unpaired) electrons. The van der Waals surface area contributed by atoms with Gasteiger partial charge in [0.1, 0.15) is 16.9 Å². The van der Waals surface area contributed by atoms with Crippen molar-refractivity contribution in [2.75, 3.05) is 6.54 Å². The summed E-state index contributed by atoms with van der Waals surface area (Å²) in [6, 6.07) is 11.5. The van der Waals surface area contributed by atoms with E-state index >= 15 is 0 Å². The highest BCUT2D eigenvalue weighted by atomic mass is 16.4. The van der Waals surface area contributed by atoms with E-state index in [4.69, 9.17) is 14.6 Å². The van der Waals surface area contributed by atoms with Gasteiger partial charge in [-0.05, 0) is 50.3 Å². The summed E-state index contributed by atoms with van der Waals surface area (Å²) in [7, 11) is 0. The Balaban J connectivity index is 1.55. The number of hydrogen-bond donors (Lipinski definition) is 3. The molecule has 0 saturated heterocycles. The van der Waals surface area contributed by atoms with Gasteiger partial charge in [-0.25, -0.2) is 9.59 Å². The lowest BCUT2D eigenvalue weighted by Crippen LogP contribution is -2.48. The van der Waals surface area contributed by atoms with E-state index in [1.54, 1.807) is 13.0 Å². The zero-order valence-electron chi connectivity index (χ0n) is 21.1. The third-order valence-corrected chi connectivity index (χ3v) is 6.53. The van der Waals surface area contributed by atoms with Crippen LogP contribution < -0.4 is 27.1 Å². The van der Waals surface area contributed by atoms with Crippen LogP contribution in [0.1, 0.15) is 36.1 Å². The summed E-state index contributed by atoms with van der Waals surface area (Å²) in [6.07, 6.45) is 0.271. The number of aryl methyl sites for hydroxylation is 2. The van der Waals surface area contributed by atoms with Gasteiger partial charge in [-0.1, -0.05) is 30.3 Å². The number of carbonyl (C=O) groups is 3. The van der Waals surface area contributed by atoms with Gasteiger partial charge in [-0.15, -0.1) is 0 Å². The number of primary amides is 1. The van der Waals surface area contributed by atoms with Crippen LogP contribution >= 0.6 is 0 Å². The van der Waals surface area contributed by atoms with Crippen LogP contribution in [-0.2, 0) is 16.0 Å². The number of fused-ring (bicyclic) bond motifs is 2. The van der Waals surface area contributed by atoms with Crippen molar-refractivity contribution in [3.8, 4) is 11.1 Å². The molecule has 0 saturated carbocycles. The molecule has 0 fully saturated rings. The summed E-state index contributed by atoms with van der Waals surface area (Å²) in [5.74, 6) is -1.24. The van der Waals surface area contributed by atoms with Crippen molar-refractivity contribution in [2.24, 2.45) is 5.73 Å². The molecule has 0 aliphatic heterocycles. The molecule has 10 nitrogen and oxygen atoms in total. The molecule has 0 aliphatic carbocycles. The monoisotopic (exact) mass is 518 g/mol. The molecule has 2 aromatic carbocycles. The molecule has 3 amide bonds. The summed E-state index contributed by atoms with van der Waals surface area (Å²) >= 11 is 0. The van der Waals surface area contributed by atoms with E-state index in [2.05, 4.69) is 10.6 Å². The Kier molecular flexibility index (Phi) is 7.80. The number of hydrogen-bond acceptors (Lipinski definition) is 7. The topological polar surface area (TPSA) is 168 Å². The molecule has 0 bridgehead atoms. The van der Waals surface area contributed by atoms with Crippen molar-refractivity contribution >= 4 is 39.8 Å². The average Bonchev–Trinajstić information content (AvgIpc) is 3.19. The second-order valence-electron chi connectivity index (χ2n) is 9.11. The molecule has 198 valence electrons. The Bertz CT molecular complexity index is 1570. The smallest absolute Gasteiger partial charge is 0.339 e. The van der Waals surface area contributed by atoms with Gasteiger partial charge >= 0.3 is 11.7 Å². The number of nitrogens with one attached hydrogen (secondary N) is 2. The van der Waals surface area contributed by atoms with Crippen molar-refractivity contribution in [3.05, 3.63) is 69.8 Å². The van der Waals surface area contributed by atoms with Gasteiger partial charge in [0.15, 0.2) is 0 Å². The predicted octanol–water partition coefficient (Wildman–Crippen LogP) is 2.44. The molecule has 4 aromatic rings. The van der Waals surface area contributed by atoms with Gasteiger partial charge in [0.05, 0.1) is 12.0 Å². The second-order valence-corrected chi connectivity index (χ2v) is 9.11. The minimum absolute atomic E-state index is 0.0510. The first-order chi connectivity index (χ1) is 18.2. The average molecular weight is 519 g/mol. The lowest BCUT2D eigenvalue weighted by atomic mass is 9.98. The van der Waals surface area contributed by atoms with Crippen LogP contribution in [0.3, 0.4) is 0 Å². The van der Waals surface area contributed by atoms with Crippen LogP contribution in [0.5, 0.6) is 0 Å². The van der Waals surface area contributed by atoms with E-state index < -0.39 is 29.6 Å². The number of carboxylic acid groups (broad SMARTS) is 1. The van der Waals surface area contributed by atoms with Gasteiger partial charge in [0, 0.05) is 40.9 Å². The third-order valence-electron chi connectivity index (χ3n) is 6.53. The highest BCUT2D eigenvalue weighted by Gasteiger charge is 2.19. The van der Waals surface area contributed by atoms with Gasteiger partial charge in [-0.3, -0.25) is 4.79 Å². The first-order valence-electron chi connectivity index (χ1n) is 12.2. The maximum absolute atomic E-state index is 12.8. The lowest BCUT2D eigenvalue weighted by Gasteiger charge is -2.19. The number of carbonyl (C=O) groups excluding carboxylic acids is 3. The molecule has 2 aromatic heterocycles. The van der Waals surface area contributed by atoms with Gasteiger partial charge in [0.2, 0.25) is 5.91 Å². The van der Waals surface area contributed by atoms with Crippen molar-refractivity contribution in [1.29, 1.82) is 0 Å². The minimum atomic E-state index is -1.44. The highest BCUT2D eigenvalue weighted by Crippen LogP contribution is 2.37. The van der Waals surface area contributed by atoms with Crippen molar-refractivity contribution < 1.29 is 28.3 Å². The number of furan rings is 1. The van der Waals surface area contributed by atoms with Crippen LogP contribution in [-0.4, -0.2) is 30.5 Å². The SMILES string of the molecule is Cc1oc2cc3oc(=O)c(CCC(=O)N[C@@H](CCCNC(N)=O)C(=O)[O-])c(C)c3cc2c1-c1ccccc1. The maximum atomic E-state index is 12.8. The first kappa shape index (κ1) is 26.5. The molecule has 0 aliphatic rings. The highest BCUT2D eigenvalue weighted by molar-refractivity contribution is 6.03. The van der Waals surface area contributed by atoms with Gasteiger partial charge in [-0.2, -0.15) is 0 Å². The van der Waals surface area contributed by atoms with E-state index in [9.17, 15) is 24.3 Å². The number of benzene rings is 2. The van der Waals surface area contributed by atoms with E-state index in [0.717, 1.165) is 27.7 Å². The van der Waals surface area contributed by atoms with Crippen LogP contribution in [0.15, 0.2) is 56.1 Å². The summed E-state index contributed by atoms with van der Waals surface area (Å²) < 4.78 is 11.5. The number of nitrogens with two attached hydrogens (primary N) is 1. The summed E-state index contributed by atoms with van der Waals surface area (Å²) in [4.78, 5) is 47.4. The van der Waals surface area contributed by atoms with Crippen molar-refractivity contribution in [1.82, 2.24) is 10.6 Å². The molecule has 1 atom stereocenters. The Morgan fingerprint density at radius 2 is 1.74 bits per heavy atom. The number of urea groups is 1. The molecule has 4 rings (SSSR count). The predicted molar refractivity (Wildman–Crippen MR) is 139 cm³/mol. The molecule has 10 heteroatoms. The fourth-order valence-electron chi connectivity index (χ4n) is 4.63. The fraction of sp³-hybridized carbons (Fsp3) is 0.286. The van der Waals surface area contributed by atoms with E-state index in [0.29, 0.717) is 22.3 Å². The number of rotatable bonds is 10. The van der Waals surface area contributed by atoms with E-state index in [-0.39, 0.29) is 32.2 Å². The largest absolute Gasteiger partial charge is 0.548 e. The molecule has 0 spiro atoms. The second kappa shape index (κ2) is 11.2. The van der Waals surface area contributed by atoms with Crippen LogP contribution in [0.4, 0.5) is 4.79 Å². The summed E-state index contributed by atoms with van der Waals surface area (Å²) in [5.41, 5.74) is 8.36. The molecule has 4 N–H and O–H groups in total. The standard InChI is InChI=1S/C28H29N3O7/c1-15-18(10-11-24(32)31-21(26(33)34)9-6-12-30-28(29)36)27(35)38-22-14-23-20(13-19(15)22)25(16(2)37-23)17-7-4-3-5-8-17/h3-5,7-8,13-14,21H,6,9-12H2,1-2H3,(H,31,32)(H,33,34)(H3,29,30,36)/p-1/t21-/m0/s1. The molecular weight excluding hydrogens is 490 g/mol. The maximum Gasteiger partial charge on any atom is 0.339 e. The van der Waals surface area contributed by atoms with Crippen LogP contribution in [0.2, 0.25) is 0 Å². The summed E-state index contributed by atoms with van der Waals surface area (Å²) in [5, 5.41) is 17.8.